The second kappa shape index (κ2) is 9.78. The minimum Gasteiger partial charge on any atom is -0.497 e. The fraction of sp³-hybridized carbons (Fsp3) is 0.200. The number of furan rings is 1. The summed E-state index contributed by atoms with van der Waals surface area (Å²) in [6.07, 6.45) is 2.16. The van der Waals surface area contributed by atoms with Crippen molar-refractivity contribution in [1.29, 1.82) is 0 Å². The van der Waals surface area contributed by atoms with Gasteiger partial charge in [-0.2, -0.15) is 0 Å². The summed E-state index contributed by atoms with van der Waals surface area (Å²) >= 11 is 1.32. The standard InChI is InChI=1S/C25H23NO5S/c1-29-19-9-5-17(6-10-19)13-14-26-24(27)22(18-7-11-20(30-2)12-8-18)23(25(26)28)32-16-21-4-3-15-31-21/h3-12,15H,13-14,16H2,1-2H3. The van der Waals surface area contributed by atoms with E-state index >= 15 is 0 Å². The van der Waals surface area contributed by atoms with Gasteiger partial charge in [0.1, 0.15) is 17.3 Å². The van der Waals surface area contributed by atoms with Gasteiger partial charge in [0.05, 0.1) is 36.7 Å². The molecule has 0 spiro atoms. The lowest BCUT2D eigenvalue weighted by atomic mass is 10.1. The molecular formula is C25H23NO5S. The average Bonchev–Trinajstić information content (AvgIpc) is 3.43. The molecule has 2 aromatic carbocycles. The zero-order valence-corrected chi connectivity index (χ0v) is 18.7. The lowest BCUT2D eigenvalue weighted by molar-refractivity contribution is -0.136. The maximum Gasteiger partial charge on any atom is 0.268 e. The summed E-state index contributed by atoms with van der Waals surface area (Å²) in [7, 11) is 3.20. The van der Waals surface area contributed by atoms with Crippen LogP contribution in [0, 0.1) is 0 Å². The Morgan fingerprint density at radius 3 is 2.12 bits per heavy atom. The number of hydrogen-bond donors (Lipinski definition) is 0. The van der Waals surface area contributed by atoms with Crippen LogP contribution in [-0.4, -0.2) is 37.5 Å². The molecule has 164 valence electrons. The van der Waals surface area contributed by atoms with Crippen LogP contribution in [0.25, 0.3) is 5.57 Å². The highest BCUT2D eigenvalue weighted by molar-refractivity contribution is 8.03. The third-order valence-corrected chi connectivity index (χ3v) is 6.32. The molecule has 1 aliphatic rings. The number of thioether (sulfide) groups is 1. The summed E-state index contributed by atoms with van der Waals surface area (Å²) in [5.74, 6) is 2.11. The van der Waals surface area contributed by atoms with Crippen LogP contribution in [0.15, 0.2) is 76.2 Å². The molecule has 6 nitrogen and oxygen atoms in total. The summed E-state index contributed by atoms with van der Waals surface area (Å²) in [5.41, 5.74) is 2.14. The Hall–Kier alpha value is -3.45. The number of imide groups is 1. The van der Waals surface area contributed by atoms with Gasteiger partial charge in [0.15, 0.2) is 0 Å². The van der Waals surface area contributed by atoms with Crippen molar-refractivity contribution in [3.05, 3.63) is 88.7 Å². The predicted molar refractivity (Wildman–Crippen MR) is 123 cm³/mol. The average molecular weight is 450 g/mol. The van der Waals surface area contributed by atoms with Crippen LogP contribution in [0.1, 0.15) is 16.9 Å². The summed E-state index contributed by atoms with van der Waals surface area (Å²) in [4.78, 5) is 28.3. The highest BCUT2D eigenvalue weighted by Gasteiger charge is 2.39. The smallest absolute Gasteiger partial charge is 0.268 e. The third-order valence-electron chi connectivity index (χ3n) is 5.23. The van der Waals surface area contributed by atoms with Crippen LogP contribution in [0.3, 0.4) is 0 Å². The number of benzene rings is 2. The van der Waals surface area contributed by atoms with E-state index in [-0.39, 0.29) is 11.8 Å². The molecule has 0 fully saturated rings. The summed E-state index contributed by atoms with van der Waals surface area (Å²) in [5, 5.41) is 0. The van der Waals surface area contributed by atoms with Crippen molar-refractivity contribution in [3.8, 4) is 11.5 Å². The van der Waals surface area contributed by atoms with E-state index in [1.54, 1.807) is 50.8 Å². The van der Waals surface area contributed by atoms with E-state index in [1.165, 1.54) is 16.7 Å². The lowest BCUT2D eigenvalue weighted by Gasteiger charge is -2.15. The van der Waals surface area contributed by atoms with Gasteiger partial charge in [0, 0.05) is 6.54 Å². The van der Waals surface area contributed by atoms with Gasteiger partial charge < -0.3 is 13.9 Å². The molecule has 32 heavy (non-hydrogen) atoms. The summed E-state index contributed by atoms with van der Waals surface area (Å²) < 4.78 is 15.8. The first-order valence-corrected chi connectivity index (χ1v) is 11.1. The van der Waals surface area contributed by atoms with Crippen LogP contribution in [0.4, 0.5) is 0 Å². The molecule has 1 aliphatic heterocycles. The monoisotopic (exact) mass is 449 g/mol. The molecular weight excluding hydrogens is 426 g/mol. The quantitative estimate of drug-likeness (QED) is 0.447. The van der Waals surface area contributed by atoms with E-state index in [0.29, 0.717) is 40.5 Å². The second-order valence-electron chi connectivity index (χ2n) is 7.16. The molecule has 3 aromatic rings. The Kier molecular flexibility index (Phi) is 6.66. The normalized spacial score (nSPS) is 13.8. The van der Waals surface area contributed by atoms with Crippen molar-refractivity contribution < 1.29 is 23.5 Å². The molecule has 0 saturated heterocycles. The number of carbonyl (C=O) groups excluding carboxylic acids is 2. The van der Waals surface area contributed by atoms with Crippen molar-refractivity contribution in [2.45, 2.75) is 12.2 Å². The van der Waals surface area contributed by atoms with E-state index in [2.05, 4.69) is 0 Å². The van der Waals surface area contributed by atoms with E-state index in [1.807, 2.05) is 30.3 Å². The van der Waals surface area contributed by atoms with E-state index in [4.69, 9.17) is 13.9 Å². The van der Waals surface area contributed by atoms with E-state index in [0.717, 1.165) is 17.1 Å². The number of nitrogens with zero attached hydrogens (tertiary/aromatic N) is 1. The van der Waals surface area contributed by atoms with Crippen molar-refractivity contribution in [3.63, 3.8) is 0 Å². The molecule has 7 heteroatoms. The lowest BCUT2D eigenvalue weighted by Crippen LogP contribution is -2.33. The zero-order valence-electron chi connectivity index (χ0n) is 17.9. The van der Waals surface area contributed by atoms with Crippen LogP contribution >= 0.6 is 11.8 Å². The Morgan fingerprint density at radius 2 is 1.53 bits per heavy atom. The number of hydrogen-bond acceptors (Lipinski definition) is 6. The third kappa shape index (κ3) is 4.57. The zero-order chi connectivity index (χ0) is 22.5. The Morgan fingerprint density at radius 1 is 0.875 bits per heavy atom. The fourth-order valence-electron chi connectivity index (χ4n) is 3.47. The molecule has 0 radical (unpaired) electrons. The molecule has 0 aliphatic carbocycles. The Labute approximate surface area is 190 Å². The van der Waals surface area contributed by atoms with Gasteiger partial charge in [-0.1, -0.05) is 24.3 Å². The highest BCUT2D eigenvalue weighted by atomic mass is 32.2. The van der Waals surface area contributed by atoms with Gasteiger partial charge >= 0.3 is 0 Å². The van der Waals surface area contributed by atoms with Crippen molar-refractivity contribution in [2.75, 3.05) is 20.8 Å². The molecule has 2 amide bonds. The molecule has 0 unspecified atom stereocenters. The van der Waals surface area contributed by atoms with Crippen LogP contribution in [0.5, 0.6) is 11.5 Å². The van der Waals surface area contributed by atoms with Crippen LogP contribution in [-0.2, 0) is 21.8 Å². The largest absolute Gasteiger partial charge is 0.497 e. The van der Waals surface area contributed by atoms with Gasteiger partial charge in [-0.15, -0.1) is 11.8 Å². The molecule has 0 bridgehead atoms. The maximum absolute atomic E-state index is 13.3. The number of rotatable bonds is 9. The SMILES string of the molecule is COc1ccc(CCN2C(=O)C(SCc3ccco3)=C(c3ccc(OC)cc3)C2=O)cc1. The predicted octanol–water partition coefficient (Wildman–Crippen LogP) is 4.55. The van der Waals surface area contributed by atoms with Gasteiger partial charge in [0.25, 0.3) is 11.8 Å². The number of amides is 2. The molecule has 0 atom stereocenters. The minimum atomic E-state index is -0.282. The van der Waals surface area contributed by atoms with Gasteiger partial charge in [-0.05, 0) is 53.9 Å². The van der Waals surface area contributed by atoms with Crippen LogP contribution < -0.4 is 9.47 Å². The number of ether oxygens (including phenoxy) is 2. The molecule has 0 N–H and O–H groups in total. The van der Waals surface area contributed by atoms with E-state index < -0.39 is 0 Å². The summed E-state index contributed by atoms with van der Waals surface area (Å²) in [6, 6.07) is 18.5. The molecule has 2 heterocycles. The first-order chi connectivity index (χ1) is 15.6. The molecule has 4 rings (SSSR count). The molecule has 1 aromatic heterocycles. The summed E-state index contributed by atoms with van der Waals surface area (Å²) in [6.45, 7) is 0.300. The first kappa shape index (κ1) is 21.8. The van der Waals surface area contributed by atoms with Gasteiger partial charge in [-0.25, -0.2) is 0 Å². The highest BCUT2D eigenvalue weighted by Crippen LogP contribution is 2.38. The number of methoxy groups -OCH3 is 2. The second-order valence-corrected chi connectivity index (χ2v) is 8.15. The van der Waals surface area contributed by atoms with Gasteiger partial charge in [-0.3, -0.25) is 14.5 Å². The van der Waals surface area contributed by atoms with Crippen LogP contribution in [0.2, 0.25) is 0 Å². The van der Waals surface area contributed by atoms with Gasteiger partial charge in [0.2, 0.25) is 0 Å². The minimum absolute atomic E-state index is 0.272. The van der Waals surface area contributed by atoms with E-state index in [9.17, 15) is 9.59 Å². The Balaban J connectivity index is 1.57. The maximum atomic E-state index is 13.3. The van der Waals surface area contributed by atoms with Crippen molar-refractivity contribution >= 4 is 29.1 Å². The Bertz CT molecular complexity index is 1120. The van der Waals surface area contributed by atoms with Crippen molar-refractivity contribution in [1.82, 2.24) is 4.90 Å². The first-order valence-electron chi connectivity index (χ1n) is 10.1. The number of carbonyl (C=O) groups is 2. The fourth-order valence-corrected chi connectivity index (χ4v) is 4.51. The van der Waals surface area contributed by atoms with Crippen molar-refractivity contribution in [2.24, 2.45) is 0 Å². The topological polar surface area (TPSA) is 69.0 Å². The molecule has 0 saturated carbocycles.